The largest absolute Gasteiger partial charge is 0.351 e. The monoisotopic (exact) mass is 404 g/mol. The van der Waals surface area contributed by atoms with Crippen molar-refractivity contribution in [1.82, 2.24) is 20.8 Å². The Labute approximate surface area is 162 Å². The summed E-state index contributed by atoms with van der Waals surface area (Å²) < 4.78 is 1.45. The molecule has 1 heterocycles. The van der Waals surface area contributed by atoms with E-state index >= 15 is 0 Å². The van der Waals surface area contributed by atoms with Crippen molar-refractivity contribution < 1.29 is 9.59 Å². The molecule has 2 atom stereocenters. The SMILES string of the molecule is C[C@@H](Sc1nnc(S[C@H](C)C(=O)NC(C)(C)C)s1)C(=O)NC(C)(C)C. The van der Waals surface area contributed by atoms with Crippen LogP contribution in [0.5, 0.6) is 0 Å². The van der Waals surface area contributed by atoms with Crippen LogP contribution in [0.25, 0.3) is 0 Å². The van der Waals surface area contributed by atoms with E-state index in [4.69, 9.17) is 0 Å². The fourth-order valence-corrected chi connectivity index (χ4v) is 4.95. The van der Waals surface area contributed by atoms with Crippen LogP contribution in [0.3, 0.4) is 0 Å². The van der Waals surface area contributed by atoms with E-state index in [2.05, 4.69) is 20.8 Å². The van der Waals surface area contributed by atoms with Crippen molar-refractivity contribution in [2.75, 3.05) is 0 Å². The number of hydrogen-bond donors (Lipinski definition) is 2. The number of amides is 2. The zero-order valence-corrected chi connectivity index (χ0v) is 18.5. The van der Waals surface area contributed by atoms with Crippen molar-refractivity contribution in [3.05, 3.63) is 0 Å². The van der Waals surface area contributed by atoms with Crippen molar-refractivity contribution in [3.8, 4) is 0 Å². The van der Waals surface area contributed by atoms with Gasteiger partial charge in [-0.2, -0.15) is 0 Å². The first kappa shape index (κ1) is 22.2. The Morgan fingerprint density at radius 1 is 0.840 bits per heavy atom. The van der Waals surface area contributed by atoms with Crippen LogP contribution >= 0.6 is 34.9 Å². The third kappa shape index (κ3) is 8.91. The van der Waals surface area contributed by atoms with Crippen LogP contribution in [-0.4, -0.2) is 43.6 Å². The Morgan fingerprint density at radius 2 is 1.16 bits per heavy atom. The van der Waals surface area contributed by atoms with Crippen LogP contribution < -0.4 is 10.6 Å². The smallest absolute Gasteiger partial charge is 0.233 e. The molecule has 0 aromatic carbocycles. The zero-order chi connectivity index (χ0) is 19.4. The molecule has 2 N–H and O–H groups in total. The molecule has 0 aliphatic carbocycles. The van der Waals surface area contributed by atoms with E-state index in [0.29, 0.717) is 0 Å². The highest BCUT2D eigenvalue weighted by Gasteiger charge is 2.24. The van der Waals surface area contributed by atoms with Crippen LogP contribution in [-0.2, 0) is 9.59 Å². The van der Waals surface area contributed by atoms with Crippen molar-refractivity contribution in [2.45, 2.75) is 85.6 Å². The molecule has 0 saturated heterocycles. The number of carbonyl (C=O) groups excluding carboxylic acids is 2. The van der Waals surface area contributed by atoms with Gasteiger partial charge in [-0.15, -0.1) is 10.2 Å². The fraction of sp³-hybridized carbons (Fsp3) is 0.750. The second-order valence-electron chi connectivity index (χ2n) is 7.83. The molecule has 0 spiro atoms. The summed E-state index contributed by atoms with van der Waals surface area (Å²) in [4.78, 5) is 24.3. The molecule has 1 aromatic heterocycles. The summed E-state index contributed by atoms with van der Waals surface area (Å²) in [6, 6.07) is 0. The molecule has 0 radical (unpaired) electrons. The summed E-state index contributed by atoms with van der Waals surface area (Å²) in [7, 11) is 0. The van der Waals surface area contributed by atoms with Crippen molar-refractivity contribution >= 4 is 46.7 Å². The predicted molar refractivity (Wildman–Crippen MR) is 106 cm³/mol. The van der Waals surface area contributed by atoms with Crippen LogP contribution in [0.4, 0.5) is 0 Å². The number of carbonyl (C=O) groups is 2. The highest BCUT2D eigenvalue weighted by Crippen LogP contribution is 2.33. The fourth-order valence-electron chi connectivity index (χ4n) is 1.64. The maximum absolute atomic E-state index is 12.1. The summed E-state index contributed by atoms with van der Waals surface area (Å²) in [6.07, 6.45) is 0. The lowest BCUT2D eigenvalue weighted by Crippen LogP contribution is -2.44. The third-order valence-corrected chi connectivity index (χ3v) is 5.97. The van der Waals surface area contributed by atoms with Gasteiger partial charge in [0.05, 0.1) is 10.5 Å². The number of nitrogens with zero attached hydrogens (tertiary/aromatic N) is 2. The standard InChI is InChI=1S/C16H28N4O2S3/c1-9(11(21)17-15(3,4)5)23-13-19-20-14(25-13)24-10(2)12(22)18-16(6,7)8/h9-10H,1-8H3,(H,17,21)(H,18,22)/t9-,10-/m1/s1. The van der Waals surface area contributed by atoms with Crippen LogP contribution in [0.1, 0.15) is 55.4 Å². The first-order chi connectivity index (χ1) is 11.3. The number of rotatable bonds is 6. The molecule has 1 rings (SSSR count). The molecule has 142 valence electrons. The van der Waals surface area contributed by atoms with Gasteiger partial charge in [0.2, 0.25) is 11.8 Å². The lowest BCUT2D eigenvalue weighted by atomic mass is 10.1. The third-order valence-electron chi connectivity index (χ3n) is 2.68. The van der Waals surface area contributed by atoms with Gasteiger partial charge in [-0.3, -0.25) is 9.59 Å². The Morgan fingerprint density at radius 3 is 1.44 bits per heavy atom. The minimum Gasteiger partial charge on any atom is -0.351 e. The topological polar surface area (TPSA) is 84.0 Å². The molecule has 0 unspecified atom stereocenters. The Bertz CT molecular complexity index is 555. The quantitative estimate of drug-likeness (QED) is 0.708. The summed E-state index contributed by atoms with van der Waals surface area (Å²) in [5.41, 5.74) is -0.520. The highest BCUT2D eigenvalue weighted by atomic mass is 32.2. The Balaban J connectivity index is 2.59. The van der Waals surface area contributed by atoms with Gasteiger partial charge >= 0.3 is 0 Å². The summed E-state index contributed by atoms with van der Waals surface area (Å²) in [5.74, 6) is -0.0559. The highest BCUT2D eigenvalue weighted by molar-refractivity contribution is 8.04. The summed E-state index contributed by atoms with van der Waals surface area (Å²) in [6.45, 7) is 15.4. The van der Waals surface area contributed by atoms with E-state index < -0.39 is 0 Å². The van der Waals surface area contributed by atoms with Gasteiger partial charge < -0.3 is 10.6 Å². The first-order valence-electron chi connectivity index (χ1n) is 8.08. The van der Waals surface area contributed by atoms with Gasteiger partial charge in [0.25, 0.3) is 0 Å². The van der Waals surface area contributed by atoms with Crippen LogP contribution in [0.15, 0.2) is 8.68 Å². The van der Waals surface area contributed by atoms with E-state index in [1.54, 1.807) is 0 Å². The number of thioether (sulfide) groups is 2. The van der Waals surface area contributed by atoms with E-state index in [1.807, 2.05) is 55.4 Å². The normalized spacial score (nSPS) is 14.7. The molecule has 0 aliphatic heterocycles. The molecule has 9 heteroatoms. The number of hydrogen-bond acceptors (Lipinski definition) is 7. The van der Waals surface area contributed by atoms with E-state index in [1.165, 1.54) is 34.9 Å². The lowest BCUT2D eigenvalue weighted by Gasteiger charge is -2.22. The minimum absolute atomic E-state index is 0.0279. The van der Waals surface area contributed by atoms with Gasteiger partial charge in [0.1, 0.15) is 0 Å². The van der Waals surface area contributed by atoms with E-state index in [-0.39, 0.29) is 33.4 Å². The Hall–Kier alpha value is -0.800. The van der Waals surface area contributed by atoms with E-state index in [9.17, 15) is 9.59 Å². The lowest BCUT2D eigenvalue weighted by molar-refractivity contribution is -0.122. The Kier molecular flexibility index (Phi) is 7.76. The maximum atomic E-state index is 12.1. The van der Waals surface area contributed by atoms with Gasteiger partial charge in [0, 0.05) is 11.1 Å². The number of aromatic nitrogens is 2. The van der Waals surface area contributed by atoms with Gasteiger partial charge in [-0.1, -0.05) is 34.9 Å². The van der Waals surface area contributed by atoms with Crippen molar-refractivity contribution in [1.29, 1.82) is 0 Å². The summed E-state index contributed by atoms with van der Waals surface area (Å²) >= 11 is 4.16. The molecule has 0 fully saturated rings. The molecular weight excluding hydrogens is 376 g/mol. The van der Waals surface area contributed by atoms with Crippen LogP contribution in [0.2, 0.25) is 0 Å². The minimum atomic E-state index is -0.260. The molecule has 0 saturated carbocycles. The second kappa shape index (κ2) is 8.73. The van der Waals surface area contributed by atoms with Gasteiger partial charge in [-0.05, 0) is 55.4 Å². The summed E-state index contributed by atoms with van der Waals surface area (Å²) in [5, 5.41) is 13.6. The maximum Gasteiger partial charge on any atom is 0.233 e. The zero-order valence-electron chi connectivity index (χ0n) is 16.1. The van der Waals surface area contributed by atoms with Crippen molar-refractivity contribution in [2.24, 2.45) is 0 Å². The molecule has 25 heavy (non-hydrogen) atoms. The molecule has 0 aliphatic rings. The van der Waals surface area contributed by atoms with Gasteiger partial charge in [0.15, 0.2) is 8.68 Å². The average molecular weight is 405 g/mol. The van der Waals surface area contributed by atoms with Crippen LogP contribution in [0, 0.1) is 0 Å². The molecule has 2 amide bonds. The molecule has 6 nitrogen and oxygen atoms in total. The van der Waals surface area contributed by atoms with Crippen molar-refractivity contribution in [3.63, 3.8) is 0 Å². The average Bonchev–Trinajstić information content (AvgIpc) is 2.81. The molecular formula is C16H28N4O2S3. The van der Waals surface area contributed by atoms with Gasteiger partial charge in [-0.25, -0.2) is 0 Å². The first-order valence-corrected chi connectivity index (χ1v) is 10.7. The number of nitrogens with one attached hydrogen (secondary N) is 2. The van der Waals surface area contributed by atoms with E-state index in [0.717, 1.165) is 8.68 Å². The molecule has 1 aromatic rings. The second-order valence-corrected chi connectivity index (χ2v) is 12.0. The predicted octanol–water partition coefficient (Wildman–Crippen LogP) is 3.33. The molecule has 0 bridgehead atoms.